The van der Waals surface area contributed by atoms with Crippen LogP contribution < -0.4 is 5.32 Å². The quantitative estimate of drug-likeness (QED) is 0.770. The number of ether oxygens (including phenoxy) is 2. The molecule has 31 heavy (non-hydrogen) atoms. The molecule has 166 valence electrons. The van der Waals surface area contributed by atoms with E-state index in [2.05, 4.69) is 10.3 Å². The lowest BCUT2D eigenvalue weighted by atomic mass is 9.83. The van der Waals surface area contributed by atoms with Gasteiger partial charge in [-0.1, -0.05) is 24.3 Å². The van der Waals surface area contributed by atoms with Gasteiger partial charge in [0.15, 0.2) is 0 Å². The monoisotopic (exact) mass is 425 g/mol. The fraction of sp³-hybridized carbons (Fsp3) is 0.542. The summed E-state index contributed by atoms with van der Waals surface area (Å²) in [5.74, 6) is 0.0619. The van der Waals surface area contributed by atoms with Crippen LogP contribution in [0.2, 0.25) is 0 Å². The molecule has 0 aliphatic carbocycles. The van der Waals surface area contributed by atoms with Crippen LogP contribution in [0.15, 0.2) is 36.4 Å². The van der Waals surface area contributed by atoms with Crippen molar-refractivity contribution < 1.29 is 19.1 Å². The Bertz CT molecular complexity index is 918. The predicted molar refractivity (Wildman–Crippen MR) is 118 cm³/mol. The molecule has 1 aromatic heterocycles. The molecule has 2 aromatic rings. The van der Waals surface area contributed by atoms with Crippen LogP contribution in [0.25, 0.3) is 10.9 Å². The van der Waals surface area contributed by atoms with Gasteiger partial charge in [-0.2, -0.15) is 0 Å². The number of hydrogen-bond acceptors (Lipinski definition) is 5. The predicted octanol–water partition coefficient (Wildman–Crippen LogP) is 2.79. The lowest BCUT2D eigenvalue weighted by Gasteiger charge is -2.43. The number of piperidine rings is 1. The summed E-state index contributed by atoms with van der Waals surface area (Å²) in [5.41, 5.74) is 0.955. The highest BCUT2D eigenvalue weighted by Gasteiger charge is 2.38. The number of pyridine rings is 1. The van der Waals surface area contributed by atoms with E-state index in [0.29, 0.717) is 51.4 Å². The molecule has 0 radical (unpaired) electrons. The highest BCUT2D eigenvalue weighted by molar-refractivity contribution is 5.95. The first-order valence-corrected chi connectivity index (χ1v) is 11.1. The minimum atomic E-state index is -0.334. The third kappa shape index (κ3) is 5.05. The summed E-state index contributed by atoms with van der Waals surface area (Å²) < 4.78 is 10.7. The Morgan fingerprint density at radius 1 is 1.16 bits per heavy atom. The highest BCUT2D eigenvalue weighted by Crippen LogP contribution is 2.28. The standard InChI is InChI=1S/C24H31N3O4/c1-30-17-12-24(26-22(28)19-8-15-31-16-9-19)10-13-27(14-11-24)23(29)21-7-6-18-4-2-3-5-20(18)25-21/h2-7,19H,8-17H2,1H3,(H,26,28). The van der Waals surface area contributed by atoms with E-state index in [9.17, 15) is 9.59 Å². The number of carbonyl (C=O) groups excluding carboxylic acids is 2. The van der Waals surface area contributed by atoms with Crippen LogP contribution in [0, 0.1) is 5.92 Å². The van der Waals surface area contributed by atoms with E-state index in [-0.39, 0.29) is 23.3 Å². The average Bonchev–Trinajstić information content (AvgIpc) is 2.83. The molecule has 3 heterocycles. The summed E-state index contributed by atoms with van der Waals surface area (Å²) in [5, 5.41) is 4.35. The van der Waals surface area contributed by atoms with Gasteiger partial charge in [0.05, 0.1) is 5.52 Å². The molecule has 0 bridgehead atoms. The molecule has 7 nitrogen and oxygen atoms in total. The Labute approximate surface area is 183 Å². The van der Waals surface area contributed by atoms with Gasteiger partial charge in [-0.05, 0) is 44.2 Å². The first-order valence-electron chi connectivity index (χ1n) is 11.1. The van der Waals surface area contributed by atoms with Crippen LogP contribution in [0.3, 0.4) is 0 Å². The minimum absolute atomic E-state index is 0.00892. The number of aromatic nitrogens is 1. The normalized spacial score (nSPS) is 19.3. The summed E-state index contributed by atoms with van der Waals surface area (Å²) in [6.45, 7) is 3.04. The summed E-state index contributed by atoms with van der Waals surface area (Å²) in [4.78, 5) is 32.4. The number of rotatable bonds is 6. The molecule has 2 saturated heterocycles. The Hall–Kier alpha value is -2.51. The molecular weight excluding hydrogens is 394 g/mol. The molecule has 2 aliphatic heterocycles. The van der Waals surface area contributed by atoms with Gasteiger partial charge in [-0.25, -0.2) is 4.98 Å². The van der Waals surface area contributed by atoms with Crippen molar-refractivity contribution in [2.45, 2.75) is 37.6 Å². The van der Waals surface area contributed by atoms with Crippen molar-refractivity contribution in [3.63, 3.8) is 0 Å². The maximum absolute atomic E-state index is 13.1. The van der Waals surface area contributed by atoms with Gasteiger partial charge in [-0.3, -0.25) is 9.59 Å². The molecule has 4 rings (SSSR count). The number of benzene rings is 1. The largest absolute Gasteiger partial charge is 0.385 e. The number of nitrogens with zero attached hydrogens (tertiary/aromatic N) is 2. The van der Waals surface area contributed by atoms with Crippen LogP contribution in [-0.2, 0) is 14.3 Å². The summed E-state index contributed by atoms with van der Waals surface area (Å²) >= 11 is 0. The Balaban J connectivity index is 1.42. The van der Waals surface area contributed by atoms with Crippen molar-refractivity contribution in [2.24, 2.45) is 5.92 Å². The Kier molecular flexibility index (Phi) is 6.83. The SMILES string of the molecule is COCCC1(NC(=O)C2CCOCC2)CCN(C(=O)c2ccc3ccccc3n2)CC1. The smallest absolute Gasteiger partial charge is 0.272 e. The number of likely N-dealkylation sites (tertiary alicyclic amines) is 1. The lowest BCUT2D eigenvalue weighted by molar-refractivity contribution is -0.130. The molecule has 0 saturated carbocycles. The van der Waals surface area contributed by atoms with Gasteiger partial charge in [-0.15, -0.1) is 0 Å². The van der Waals surface area contributed by atoms with Crippen LogP contribution in [0.4, 0.5) is 0 Å². The van der Waals surface area contributed by atoms with Gasteiger partial charge in [0, 0.05) is 56.9 Å². The van der Waals surface area contributed by atoms with Crippen molar-refractivity contribution in [2.75, 3.05) is 40.0 Å². The average molecular weight is 426 g/mol. The van der Waals surface area contributed by atoms with E-state index in [0.717, 1.165) is 30.2 Å². The second-order valence-corrected chi connectivity index (χ2v) is 8.58. The second kappa shape index (κ2) is 9.75. The Morgan fingerprint density at radius 2 is 1.90 bits per heavy atom. The molecule has 2 fully saturated rings. The molecule has 0 spiro atoms. The molecular formula is C24H31N3O4. The van der Waals surface area contributed by atoms with Crippen molar-refractivity contribution in [3.05, 3.63) is 42.1 Å². The van der Waals surface area contributed by atoms with Crippen LogP contribution in [0.5, 0.6) is 0 Å². The van der Waals surface area contributed by atoms with Gasteiger partial charge < -0.3 is 19.7 Å². The van der Waals surface area contributed by atoms with Crippen molar-refractivity contribution in [1.82, 2.24) is 15.2 Å². The molecule has 0 atom stereocenters. The number of fused-ring (bicyclic) bond motifs is 1. The topological polar surface area (TPSA) is 80.8 Å². The molecule has 7 heteroatoms. The summed E-state index contributed by atoms with van der Waals surface area (Å²) in [6, 6.07) is 11.5. The summed E-state index contributed by atoms with van der Waals surface area (Å²) in [6.07, 6.45) is 3.71. The number of amides is 2. The van der Waals surface area contributed by atoms with Gasteiger partial charge >= 0.3 is 0 Å². The fourth-order valence-corrected chi connectivity index (χ4v) is 4.54. The van der Waals surface area contributed by atoms with E-state index < -0.39 is 0 Å². The highest BCUT2D eigenvalue weighted by atomic mass is 16.5. The number of nitrogens with one attached hydrogen (secondary N) is 1. The number of methoxy groups -OCH3 is 1. The maximum Gasteiger partial charge on any atom is 0.272 e. The first-order chi connectivity index (χ1) is 15.1. The zero-order valence-corrected chi connectivity index (χ0v) is 18.1. The van der Waals surface area contributed by atoms with Gasteiger partial charge in [0.25, 0.3) is 5.91 Å². The van der Waals surface area contributed by atoms with Crippen LogP contribution >= 0.6 is 0 Å². The van der Waals surface area contributed by atoms with Gasteiger partial charge in [0.1, 0.15) is 5.69 Å². The maximum atomic E-state index is 13.1. The third-order valence-corrected chi connectivity index (χ3v) is 6.59. The lowest BCUT2D eigenvalue weighted by Crippen LogP contribution is -2.58. The Morgan fingerprint density at radius 3 is 2.65 bits per heavy atom. The van der Waals surface area contributed by atoms with E-state index >= 15 is 0 Å². The molecule has 0 unspecified atom stereocenters. The summed E-state index contributed by atoms with van der Waals surface area (Å²) in [7, 11) is 1.68. The number of hydrogen-bond donors (Lipinski definition) is 1. The molecule has 1 aromatic carbocycles. The second-order valence-electron chi connectivity index (χ2n) is 8.58. The molecule has 2 aliphatic rings. The van der Waals surface area contributed by atoms with Crippen molar-refractivity contribution in [3.8, 4) is 0 Å². The molecule has 2 amide bonds. The van der Waals surface area contributed by atoms with E-state index in [1.807, 2.05) is 35.2 Å². The van der Waals surface area contributed by atoms with E-state index in [4.69, 9.17) is 9.47 Å². The number of para-hydroxylation sites is 1. The third-order valence-electron chi connectivity index (χ3n) is 6.59. The van der Waals surface area contributed by atoms with Crippen LogP contribution in [0.1, 0.15) is 42.6 Å². The first kappa shape index (κ1) is 21.7. The van der Waals surface area contributed by atoms with E-state index in [1.54, 1.807) is 13.2 Å². The minimum Gasteiger partial charge on any atom is -0.385 e. The van der Waals surface area contributed by atoms with E-state index in [1.165, 1.54) is 0 Å². The number of carbonyl (C=O) groups is 2. The van der Waals surface area contributed by atoms with Gasteiger partial charge in [0.2, 0.25) is 5.91 Å². The zero-order valence-electron chi connectivity index (χ0n) is 18.1. The van der Waals surface area contributed by atoms with Crippen molar-refractivity contribution >= 4 is 22.7 Å². The fourth-order valence-electron chi connectivity index (χ4n) is 4.54. The molecule has 1 N–H and O–H groups in total. The van der Waals surface area contributed by atoms with Crippen molar-refractivity contribution in [1.29, 1.82) is 0 Å². The van der Waals surface area contributed by atoms with Crippen LogP contribution in [-0.4, -0.2) is 67.3 Å². The zero-order chi connectivity index (χ0) is 21.7.